The Balaban J connectivity index is 1.99. The Morgan fingerprint density at radius 2 is 2.00 bits per heavy atom. The van der Waals surface area contributed by atoms with Gasteiger partial charge in [0.05, 0.1) is 0 Å². The molecule has 0 spiro atoms. The van der Waals surface area contributed by atoms with E-state index in [1.54, 1.807) is 0 Å². The number of rotatable bonds is 4. The molecule has 110 valence electrons. The molecule has 2 atom stereocenters. The van der Waals surface area contributed by atoms with Crippen molar-refractivity contribution in [1.29, 1.82) is 0 Å². The minimum absolute atomic E-state index is 0.338. The molecule has 2 nitrogen and oxygen atoms in total. The van der Waals surface area contributed by atoms with E-state index in [1.807, 2.05) is 0 Å². The fourth-order valence-electron chi connectivity index (χ4n) is 3.71. The quantitative estimate of drug-likeness (QED) is 0.781. The predicted octanol–water partition coefficient (Wildman–Crippen LogP) is 3.59. The summed E-state index contributed by atoms with van der Waals surface area (Å²) in [5.41, 5.74) is 0.338. The molecule has 0 amide bonds. The maximum atomic E-state index is 3.87. The number of allylic oxidation sites excluding steroid dienone is 1. The van der Waals surface area contributed by atoms with Crippen molar-refractivity contribution in [3.63, 3.8) is 0 Å². The molecule has 1 aliphatic heterocycles. The van der Waals surface area contributed by atoms with E-state index in [0.717, 1.165) is 25.0 Å². The van der Waals surface area contributed by atoms with Gasteiger partial charge < -0.3 is 5.32 Å². The van der Waals surface area contributed by atoms with E-state index in [4.69, 9.17) is 0 Å². The normalized spacial score (nSPS) is 35.0. The first-order chi connectivity index (χ1) is 9.19. The van der Waals surface area contributed by atoms with Gasteiger partial charge >= 0.3 is 0 Å². The van der Waals surface area contributed by atoms with Crippen LogP contribution in [-0.4, -0.2) is 36.1 Å². The second-order valence-electron chi connectivity index (χ2n) is 6.71. The molecule has 2 heteroatoms. The molecular formula is C17H32N2. The lowest BCUT2D eigenvalue weighted by atomic mass is 9.81. The molecule has 1 saturated carbocycles. The summed E-state index contributed by atoms with van der Waals surface area (Å²) in [6.45, 7) is 10.4. The third-order valence-corrected chi connectivity index (χ3v) is 5.47. The lowest BCUT2D eigenvalue weighted by Gasteiger charge is -2.49. The van der Waals surface area contributed by atoms with E-state index < -0.39 is 0 Å². The fourth-order valence-corrected chi connectivity index (χ4v) is 3.71. The highest BCUT2D eigenvalue weighted by Crippen LogP contribution is 2.31. The Hall–Kier alpha value is -0.340. The third-order valence-electron chi connectivity index (χ3n) is 5.47. The maximum Gasteiger partial charge on any atom is 0.0307 e. The first-order valence-corrected chi connectivity index (χ1v) is 8.29. The first kappa shape index (κ1) is 15.1. The lowest BCUT2D eigenvalue weighted by molar-refractivity contribution is 0.0394. The van der Waals surface area contributed by atoms with Crippen molar-refractivity contribution in [2.45, 2.75) is 70.9 Å². The largest absolute Gasteiger partial charge is 0.311 e. The van der Waals surface area contributed by atoms with Crippen LogP contribution in [0.5, 0.6) is 0 Å². The molecule has 19 heavy (non-hydrogen) atoms. The zero-order valence-corrected chi connectivity index (χ0v) is 13.1. The number of hydrogen-bond donors (Lipinski definition) is 1. The van der Waals surface area contributed by atoms with Gasteiger partial charge in [-0.05, 0) is 39.0 Å². The van der Waals surface area contributed by atoms with Gasteiger partial charge in [-0.1, -0.05) is 38.3 Å². The van der Waals surface area contributed by atoms with Crippen LogP contribution < -0.4 is 5.32 Å². The molecule has 0 aromatic heterocycles. The summed E-state index contributed by atoms with van der Waals surface area (Å²) < 4.78 is 0. The monoisotopic (exact) mass is 264 g/mol. The highest BCUT2D eigenvalue weighted by Gasteiger charge is 2.38. The van der Waals surface area contributed by atoms with Crippen molar-refractivity contribution in [2.24, 2.45) is 5.92 Å². The van der Waals surface area contributed by atoms with Gasteiger partial charge in [0.1, 0.15) is 0 Å². The summed E-state index contributed by atoms with van der Waals surface area (Å²) in [5, 5.41) is 3.87. The van der Waals surface area contributed by atoms with Gasteiger partial charge in [-0.25, -0.2) is 0 Å². The van der Waals surface area contributed by atoms with Crippen molar-refractivity contribution in [2.75, 3.05) is 19.6 Å². The number of nitrogens with zero attached hydrogens (tertiary/aromatic N) is 1. The predicted molar refractivity (Wildman–Crippen MR) is 83.4 cm³/mol. The zero-order valence-electron chi connectivity index (χ0n) is 13.1. The average Bonchev–Trinajstić information content (AvgIpc) is 2.47. The van der Waals surface area contributed by atoms with Crippen LogP contribution in [0.15, 0.2) is 12.2 Å². The molecule has 1 N–H and O–H groups in total. The average molecular weight is 264 g/mol. The van der Waals surface area contributed by atoms with Gasteiger partial charge in [-0.15, -0.1) is 0 Å². The van der Waals surface area contributed by atoms with Crippen molar-refractivity contribution in [3.8, 4) is 0 Å². The second-order valence-corrected chi connectivity index (χ2v) is 6.71. The summed E-state index contributed by atoms with van der Waals surface area (Å²) in [6, 6.07) is 0.727. The molecule has 1 aliphatic carbocycles. The summed E-state index contributed by atoms with van der Waals surface area (Å²) in [4.78, 5) is 2.71. The number of hydrogen-bond acceptors (Lipinski definition) is 2. The lowest BCUT2D eigenvalue weighted by Crippen LogP contribution is -2.64. The summed E-state index contributed by atoms with van der Waals surface area (Å²) in [7, 11) is 0. The minimum atomic E-state index is 0.338. The Kier molecular flexibility index (Phi) is 5.47. The van der Waals surface area contributed by atoms with Gasteiger partial charge in [-0.3, -0.25) is 4.90 Å². The van der Waals surface area contributed by atoms with Crippen LogP contribution >= 0.6 is 0 Å². The van der Waals surface area contributed by atoms with Crippen molar-refractivity contribution in [3.05, 3.63) is 12.2 Å². The van der Waals surface area contributed by atoms with E-state index in [2.05, 4.69) is 43.1 Å². The molecule has 2 aliphatic rings. The molecular weight excluding hydrogens is 232 g/mol. The Morgan fingerprint density at radius 1 is 1.26 bits per heavy atom. The van der Waals surface area contributed by atoms with Crippen LogP contribution in [0.25, 0.3) is 0 Å². The first-order valence-electron chi connectivity index (χ1n) is 8.29. The third kappa shape index (κ3) is 3.61. The van der Waals surface area contributed by atoms with Crippen LogP contribution in [0.2, 0.25) is 0 Å². The molecule has 0 aromatic carbocycles. The molecule has 2 unspecified atom stereocenters. The second kappa shape index (κ2) is 6.90. The molecule has 0 radical (unpaired) electrons. The van der Waals surface area contributed by atoms with Gasteiger partial charge in [0.2, 0.25) is 0 Å². The zero-order chi connectivity index (χ0) is 13.7. The molecule has 0 bridgehead atoms. The number of nitrogens with one attached hydrogen (secondary N) is 1. The Morgan fingerprint density at radius 3 is 2.63 bits per heavy atom. The van der Waals surface area contributed by atoms with Crippen molar-refractivity contribution >= 4 is 0 Å². The Bertz CT molecular complexity index is 294. The molecule has 0 aromatic rings. The smallest absolute Gasteiger partial charge is 0.0307 e. The Labute approximate surface area is 119 Å². The summed E-state index contributed by atoms with van der Waals surface area (Å²) >= 11 is 0. The maximum absolute atomic E-state index is 3.87. The van der Waals surface area contributed by atoms with E-state index in [0.29, 0.717) is 5.54 Å². The molecule has 2 fully saturated rings. The fraction of sp³-hybridized carbons (Fsp3) is 0.882. The van der Waals surface area contributed by atoms with Crippen molar-refractivity contribution < 1.29 is 0 Å². The van der Waals surface area contributed by atoms with Gasteiger partial charge in [0, 0.05) is 31.2 Å². The van der Waals surface area contributed by atoms with Gasteiger partial charge in [-0.2, -0.15) is 0 Å². The van der Waals surface area contributed by atoms with E-state index in [1.165, 1.54) is 45.1 Å². The van der Waals surface area contributed by atoms with E-state index in [9.17, 15) is 0 Å². The summed E-state index contributed by atoms with van der Waals surface area (Å²) in [5.74, 6) is 0.920. The standard InChI is InChI=1S/C17H32N2/c1-4-6-12-19-13-16(15-10-8-7-9-11-15)18-14-17(19,3)5-2/h4,6,15-16,18H,5,7-14H2,1-3H3/b6-4+. The van der Waals surface area contributed by atoms with Crippen LogP contribution in [0, 0.1) is 5.92 Å². The van der Waals surface area contributed by atoms with Gasteiger partial charge in [0.15, 0.2) is 0 Å². The molecule has 1 heterocycles. The van der Waals surface area contributed by atoms with Crippen LogP contribution in [-0.2, 0) is 0 Å². The topological polar surface area (TPSA) is 15.3 Å². The number of piperazine rings is 1. The SMILES string of the molecule is C/C=C/CN1CC(C2CCCCC2)NCC1(C)CC. The van der Waals surface area contributed by atoms with Crippen LogP contribution in [0.1, 0.15) is 59.3 Å². The van der Waals surface area contributed by atoms with E-state index in [-0.39, 0.29) is 0 Å². The van der Waals surface area contributed by atoms with Crippen LogP contribution in [0.4, 0.5) is 0 Å². The summed E-state index contributed by atoms with van der Waals surface area (Å²) in [6.07, 6.45) is 13.0. The highest BCUT2D eigenvalue weighted by molar-refractivity contribution is 4.99. The van der Waals surface area contributed by atoms with E-state index >= 15 is 0 Å². The van der Waals surface area contributed by atoms with Crippen LogP contribution in [0.3, 0.4) is 0 Å². The van der Waals surface area contributed by atoms with Crippen molar-refractivity contribution in [1.82, 2.24) is 10.2 Å². The molecule has 2 rings (SSSR count). The highest BCUT2D eigenvalue weighted by atomic mass is 15.3. The molecule has 1 saturated heterocycles. The van der Waals surface area contributed by atoms with Gasteiger partial charge in [0.25, 0.3) is 0 Å². The minimum Gasteiger partial charge on any atom is -0.311 e.